The number of nitrogens with one attached hydrogen (secondary N) is 2. The van der Waals surface area contributed by atoms with E-state index in [9.17, 15) is 13.2 Å². The van der Waals surface area contributed by atoms with Gasteiger partial charge in [0.05, 0.1) is 6.20 Å². The van der Waals surface area contributed by atoms with Gasteiger partial charge in [0.15, 0.2) is 0 Å². The molecule has 0 saturated heterocycles. The van der Waals surface area contributed by atoms with E-state index < -0.39 is 12.1 Å². The number of carboxylic acids is 1. The van der Waals surface area contributed by atoms with Crippen molar-refractivity contribution < 1.29 is 27.8 Å². The first-order valence-electron chi connectivity index (χ1n) is 9.70. The second-order valence-corrected chi connectivity index (χ2v) is 6.86. The highest BCUT2D eigenvalue weighted by Crippen LogP contribution is 2.21. The van der Waals surface area contributed by atoms with Crippen LogP contribution >= 0.6 is 0 Å². The minimum absolute atomic E-state index is 0.496. The van der Waals surface area contributed by atoms with Gasteiger partial charge >= 0.3 is 12.1 Å². The molecule has 4 rings (SSSR count). The number of hydrogen-bond donors (Lipinski definition) is 3. The molecule has 1 aromatic heterocycles. The highest BCUT2D eigenvalue weighted by molar-refractivity contribution is 5.73. The number of carboxylic acid groups (broad SMARTS) is 1. The van der Waals surface area contributed by atoms with Gasteiger partial charge in [-0.25, -0.2) is 9.78 Å². The first-order chi connectivity index (χ1) is 15.3. The summed E-state index contributed by atoms with van der Waals surface area (Å²) in [6.45, 7) is 2.81. The molecule has 0 unspecified atom stereocenters. The Labute approximate surface area is 182 Å². The largest absolute Gasteiger partial charge is 0.490 e. The summed E-state index contributed by atoms with van der Waals surface area (Å²) in [7, 11) is 0. The Balaban J connectivity index is 0.000000360. The molecule has 0 spiro atoms. The minimum atomic E-state index is -5.08. The SMILES string of the molecule is O=C(O)C(F)(F)F.c1cnc(Oc2ccc(CNc3ccc4c(c3)CNCC4)cc2)cn1. The van der Waals surface area contributed by atoms with Crippen LogP contribution < -0.4 is 15.4 Å². The third-order valence-corrected chi connectivity index (χ3v) is 4.52. The number of benzene rings is 2. The summed E-state index contributed by atoms with van der Waals surface area (Å²) in [4.78, 5) is 17.0. The smallest absolute Gasteiger partial charge is 0.475 e. The molecule has 0 fully saturated rings. The van der Waals surface area contributed by atoms with Gasteiger partial charge in [-0.05, 0) is 53.9 Å². The number of carbonyl (C=O) groups is 1. The molecule has 0 aliphatic carbocycles. The maximum atomic E-state index is 10.6. The van der Waals surface area contributed by atoms with Crippen molar-refractivity contribution in [3.8, 4) is 11.6 Å². The number of hydrogen-bond acceptors (Lipinski definition) is 6. The monoisotopic (exact) mass is 446 g/mol. The van der Waals surface area contributed by atoms with Crippen LogP contribution in [-0.4, -0.2) is 33.8 Å². The van der Waals surface area contributed by atoms with Crippen LogP contribution in [0.25, 0.3) is 0 Å². The normalized spacial score (nSPS) is 12.7. The fourth-order valence-corrected chi connectivity index (χ4v) is 2.93. The third-order valence-electron chi connectivity index (χ3n) is 4.52. The lowest BCUT2D eigenvalue weighted by Gasteiger charge is -2.18. The van der Waals surface area contributed by atoms with Gasteiger partial charge in [-0.2, -0.15) is 13.2 Å². The van der Waals surface area contributed by atoms with Crippen LogP contribution in [0.15, 0.2) is 61.1 Å². The molecule has 3 aromatic rings. The molecule has 2 aromatic carbocycles. The summed E-state index contributed by atoms with van der Waals surface area (Å²) in [5, 5.41) is 14.0. The molecule has 0 radical (unpaired) electrons. The van der Waals surface area contributed by atoms with Gasteiger partial charge < -0.3 is 20.5 Å². The fourth-order valence-electron chi connectivity index (χ4n) is 2.93. The number of ether oxygens (including phenoxy) is 1. The Morgan fingerprint density at radius 2 is 1.88 bits per heavy atom. The van der Waals surface area contributed by atoms with E-state index in [1.54, 1.807) is 18.6 Å². The van der Waals surface area contributed by atoms with E-state index in [0.717, 1.165) is 37.5 Å². The lowest BCUT2D eigenvalue weighted by atomic mass is 10.0. The number of fused-ring (bicyclic) bond motifs is 1. The fraction of sp³-hybridized carbons (Fsp3) is 0.227. The number of nitrogens with zero attached hydrogens (tertiary/aromatic N) is 2. The van der Waals surface area contributed by atoms with Crippen molar-refractivity contribution in [1.82, 2.24) is 15.3 Å². The van der Waals surface area contributed by atoms with Crippen molar-refractivity contribution in [3.63, 3.8) is 0 Å². The number of alkyl halides is 3. The number of rotatable bonds is 5. The second-order valence-electron chi connectivity index (χ2n) is 6.86. The zero-order valence-corrected chi connectivity index (χ0v) is 16.9. The van der Waals surface area contributed by atoms with Crippen molar-refractivity contribution in [2.45, 2.75) is 25.7 Å². The number of anilines is 1. The van der Waals surface area contributed by atoms with Crippen molar-refractivity contribution in [2.24, 2.45) is 0 Å². The highest BCUT2D eigenvalue weighted by atomic mass is 19.4. The predicted molar refractivity (Wildman–Crippen MR) is 111 cm³/mol. The highest BCUT2D eigenvalue weighted by Gasteiger charge is 2.38. The van der Waals surface area contributed by atoms with Gasteiger partial charge in [0.2, 0.25) is 5.88 Å². The number of halogens is 3. The van der Waals surface area contributed by atoms with Crippen molar-refractivity contribution in [2.75, 3.05) is 11.9 Å². The molecule has 168 valence electrons. The first kappa shape index (κ1) is 23.0. The van der Waals surface area contributed by atoms with Crippen LogP contribution in [0.2, 0.25) is 0 Å². The summed E-state index contributed by atoms with van der Waals surface area (Å²) in [5.41, 5.74) is 5.20. The molecule has 1 aliphatic heterocycles. The number of aromatic nitrogens is 2. The zero-order chi connectivity index (χ0) is 23.0. The van der Waals surface area contributed by atoms with Crippen LogP contribution in [0.3, 0.4) is 0 Å². The maximum absolute atomic E-state index is 10.6. The molecule has 0 amide bonds. The topological polar surface area (TPSA) is 96.4 Å². The van der Waals surface area contributed by atoms with E-state index in [2.05, 4.69) is 50.9 Å². The van der Waals surface area contributed by atoms with E-state index in [0.29, 0.717) is 5.88 Å². The van der Waals surface area contributed by atoms with Crippen LogP contribution in [0.5, 0.6) is 11.6 Å². The van der Waals surface area contributed by atoms with Gasteiger partial charge in [-0.15, -0.1) is 0 Å². The summed E-state index contributed by atoms with van der Waals surface area (Å²) in [5.74, 6) is -1.51. The Hall–Kier alpha value is -3.66. The Kier molecular flexibility index (Phi) is 7.61. The Morgan fingerprint density at radius 1 is 1.12 bits per heavy atom. The van der Waals surface area contributed by atoms with Crippen LogP contribution in [-0.2, 0) is 24.3 Å². The summed E-state index contributed by atoms with van der Waals surface area (Å²) < 4.78 is 37.4. The van der Waals surface area contributed by atoms with Gasteiger partial charge in [0.1, 0.15) is 5.75 Å². The van der Waals surface area contributed by atoms with E-state index in [4.69, 9.17) is 14.6 Å². The van der Waals surface area contributed by atoms with Crippen molar-refractivity contribution in [3.05, 3.63) is 77.7 Å². The average molecular weight is 446 g/mol. The van der Waals surface area contributed by atoms with Gasteiger partial charge in [-0.1, -0.05) is 18.2 Å². The molecular formula is C22H21F3N4O3. The average Bonchev–Trinajstić information content (AvgIpc) is 2.79. The van der Waals surface area contributed by atoms with Crippen LogP contribution in [0.1, 0.15) is 16.7 Å². The second kappa shape index (κ2) is 10.6. The van der Waals surface area contributed by atoms with Gasteiger partial charge in [-0.3, -0.25) is 4.98 Å². The summed E-state index contributed by atoms with van der Waals surface area (Å²) in [6.07, 6.45) is 0.864. The standard InChI is InChI=1S/C20H20N4O.C2HF3O2/c1-5-19(25-20-14-22-9-10-23-20)6-2-15(1)12-24-18-4-3-16-7-8-21-13-17(16)11-18;3-2(4,5)1(6)7/h1-6,9-11,14,21,24H,7-8,12-13H2;(H,6,7). The quantitative estimate of drug-likeness (QED) is 0.542. The molecule has 2 heterocycles. The Bertz CT molecular complexity index is 1030. The van der Waals surface area contributed by atoms with Gasteiger partial charge in [0, 0.05) is 31.2 Å². The molecular weight excluding hydrogens is 425 g/mol. The van der Waals surface area contributed by atoms with E-state index in [1.165, 1.54) is 16.7 Å². The Morgan fingerprint density at radius 3 is 2.53 bits per heavy atom. The lowest BCUT2D eigenvalue weighted by Crippen LogP contribution is -2.23. The van der Waals surface area contributed by atoms with Crippen molar-refractivity contribution >= 4 is 11.7 Å². The molecule has 7 nitrogen and oxygen atoms in total. The molecule has 0 atom stereocenters. The molecule has 32 heavy (non-hydrogen) atoms. The summed E-state index contributed by atoms with van der Waals surface area (Å²) in [6, 6.07) is 14.6. The van der Waals surface area contributed by atoms with E-state index >= 15 is 0 Å². The zero-order valence-electron chi connectivity index (χ0n) is 16.9. The molecule has 10 heteroatoms. The van der Waals surface area contributed by atoms with Gasteiger partial charge in [0.25, 0.3) is 0 Å². The van der Waals surface area contributed by atoms with E-state index in [1.807, 2.05) is 12.1 Å². The summed E-state index contributed by atoms with van der Waals surface area (Å²) >= 11 is 0. The minimum Gasteiger partial charge on any atom is -0.475 e. The van der Waals surface area contributed by atoms with E-state index in [-0.39, 0.29) is 0 Å². The molecule has 3 N–H and O–H groups in total. The molecule has 0 saturated carbocycles. The lowest BCUT2D eigenvalue weighted by molar-refractivity contribution is -0.192. The van der Waals surface area contributed by atoms with Crippen LogP contribution in [0.4, 0.5) is 18.9 Å². The predicted octanol–water partition coefficient (Wildman–Crippen LogP) is 4.16. The maximum Gasteiger partial charge on any atom is 0.490 e. The number of aliphatic carboxylic acids is 1. The van der Waals surface area contributed by atoms with Crippen molar-refractivity contribution in [1.29, 1.82) is 0 Å². The molecule has 0 bridgehead atoms. The third kappa shape index (κ3) is 6.95. The van der Waals surface area contributed by atoms with Crippen LogP contribution in [0, 0.1) is 0 Å². The molecule has 1 aliphatic rings. The first-order valence-corrected chi connectivity index (χ1v) is 9.70.